The Morgan fingerprint density at radius 3 is 2.85 bits per heavy atom. The second kappa shape index (κ2) is 7.30. The van der Waals surface area contributed by atoms with Gasteiger partial charge >= 0.3 is 0 Å². The highest BCUT2D eigenvalue weighted by atomic mass is 79.9. The number of nitrogens with zero attached hydrogens (tertiary/aromatic N) is 1. The first-order valence-electron chi connectivity index (χ1n) is 7.34. The van der Waals surface area contributed by atoms with Crippen LogP contribution in [0.25, 0.3) is 0 Å². The molecule has 0 aliphatic carbocycles. The molecule has 0 atom stereocenters. The van der Waals surface area contributed by atoms with Crippen LogP contribution in [0.3, 0.4) is 0 Å². The Bertz CT molecular complexity index is 448. The van der Waals surface area contributed by atoms with E-state index in [9.17, 15) is 0 Å². The third-order valence-electron chi connectivity index (χ3n) is 3.60. The lowest BCUT2D eigenvalue weighted by Gasteiger charge is -2.37. The molecule has 2 nitrogen and oxygen atoms in total. The van der Waals surface area contributed by atoms with Crippen molar-refractivity contribution in [2.45, 2.75) is 38.6 Å². The number of halogens is 1. The largest absolute Gasteiger partial charge is 0.313 e. The van der Waals surface area contributed by atoms with Gasteiger partial charge < -0.3 is 5.32 Å². The Hall–Kier alpha value is -0.0300. The highest BCUT2D eigenvalue weighted by Crippen LogP contribution is 2.31. The number of thioether (sulfide) groups is 1. The van der Waals surface area contributed by atoms with Crippen molar-refractivity contribution in [3.63, 3.8) is 0 Å². The average molecular weight is 357 g/mol. The minimum atomic E-state index is 0.385. The zero-order chi connectivity index (χ0) is 14.6. The van der Waals surface area contributed by atoms with Gasteiger partial charge in [0.25, 0.3) is 0 Å². The predicted octanol–water partition coefficient (Wildman–Crippen LogP) is 3.89. The molecule has 1 N–H and O–H groups in total. The molecular weight excluding hydrogens is 332 g/mol. The summed E-state index contributed by atoms with van der Waals surface area (Å²) in [6, 6.07) is 6.76. The second-order valence-electron chi connectivity index (χ2n) is 6.02. The summed E-state index contributed by atoms with van der Waals surface area (Å²) in [5, 5.41) is 3.37. The van der Waals surface area contributed by atoms with Crippen molar-refractivity contribution >= 4 is 27.7 Å². The van der Waals surface area contributed by atoms with Gasteiger partial charge in [0.1, 0.15) is 0 Å². The van der Waals surface area contributed by atoms with Crippen LogP contribution in [0, 0.1) is 0 Å². The van der Waals surface area contributed by atoms with Crippen molar-refractivity contribution in [3.8, 4) is 0 Å². The standard InChI is InChI=1S/C16H25BrN2S/c1-4-18-10-13-5-6-14(15(17)9-13)11-19-7-8-20-16(2,3)12-19/h5-6,9,18H,4,7-8,10-12H2,1-3H3. The molecule has 112 valence electrons. The molecule has 1 heterocycles. The molecule has 1 aromatic rings. The van der Waals surface area contributed by atoms with Gasteiger partial charge in [-0.2, -0.15) is 11.8 Å². The maximum Gasteiger partial charge on any atom is 0.0245 e. The Morgan fingerprint density at radius 1 is 1.40 bits per heavy atom. The summed E-state index contributed by atoms with van der Waals surface area (Å²) in [4.78, 5) is 2.57. The molecule has 1 aromatic carbocycles. The molecule has 0 saturated carbocycles. The van der Waals surface area contributed by atoms with Crippen LogP contribution in [0.2, 0.25) is 0 Å². The third-order valence-corrected chi connectivity index (χ3v) is 5.63. The SMILES string of the molecule is CCNCc1ccc(CN2CCSC(C)(C)C2)c(Br)c1. The zero-order valence-corrected chi connectivity index (χ0v) is 15.1. The molecule has 0 amide bonds. The molecule has 0 radical (unpaired) electrons. The van der Waals surface area contributed by atoms with E-state index in [2.05, 4.69) is 76.9 Å². The molecule has 1 fully saturated rings. The molecule has 1 aliphatic heterocycles. The van der Waals surface area contributed by atoms with Crippen LogP contribution in [0.15, 0.2) is 22.7 Å². The molecule has 0 aromatic heterocycles. The number of hydrogen-bond acceptors (Lipinski definition) is 3. The van der Waals surface area contributed by atoms with Gasteiger partial charge in [-0.25, -0.2) is 0 Å². The molecule has 4 heteroatoms. The Morgan fingerprint density at radius 2 is 2.20 bits per heavy atom. The average Bonchev–Trinajstić information content (AvgIpc) is 2.38. The van der Waals surface area contributed by atoms with Crippen LogP contribution in [0.1, 0.15) is 31.9 Å². The monoisotopic (exact) mass is 356 g/mol. The lowest BCUT2D eigenvalue weighted by molar-refractivity contribution is 0.252. The van der Waals surface area contributed by atoms with E-state index in [4.69, 9.17) is 0 Å². The van der Waals surface area contributed by atoms with E-state index in [1.54, 1.807) is 0 Å². The maximum atomic E-state index is 3.73. The first-order chi connectivity index (χ1) is 9.50. The summed E-state index contributed by atoms with van der Waals surface area (Å²) in [6.45, 7) is 12.2. The van der Waals surface area contributed by atoms with Gasteiger partial charge in [-0.15, -0.1) is 0 Å². The number of benzene rings is 1. The van der Waals surface area contributed by atoms with E-state index < -0.39 is 0 Å². The molecule has 1 aliphatic rings. The summed E-state index contributed by atoms with van der Waals surface area (Å²) < 4.78 is 1.62. The van der Waals surface area contributed by atoms with E-state index in [-0.39, 0.29) is 0 Å². The highest BCUT2D eigenvalue weighted by Gasteiger charge is 2.27. The van der Waals surface area contributed by atoms with Crippen molar-refractivity contribution in [3.05, 3.63) is 33.8 Å². The summed E-state index contributed by atoms with van der Waals surface area (Å²) in [5.41, 5.74) is 2.74. The normalized spacial score (nSPS) is 19.2. The van der Waals surface area contributed by atoms with Gasteiger partial charge in [0, 0.05) is 41.2 Å². The molecule has 20 heavy (non-hydrogen) atoms. The van der Waals surface area contributed by atoms with Crippen LogP contribution < -0.4 is 5.32 Å². The molecule has 1 saturated heterocycles. The minimum Gasteiger partial charge on any atom is -0.313 e. The Labute approximate surface area is 135 Å². The lowest BCUT2D eigenvalue weighted by Crippen LogP contribution is -2.42. The lowest BCUT2D eigenvalue weighted by atomic mass is 10.1. The maximum absolute atomic E-state index is 3.73. The van der Waals surface area contributed by atoms with Gasteiger partial charge in [0.05, 0.1) is 0 Å². The number of hydrogen-bond donors (Lipinski definition) is 1. The van der Waals surface area contributed by atoms with Crippen molar-refractivity contribution in [2.24, 2.45) is 0 Å². The Kier molecular flexibility index (Phi) is 5.96. The topological polar surface area (TPSA) is 15.3 Å². The van der Waals surface area contributed by atoms with Crippen LogP contribution in [0.5, 0.6) is 0 Å². The van der Waals surface area contributed by atoms with Gasteiger partial charge in [-0.1, -0.05) is 35.0 Å². The van der Waals surface area contributed by atoms with Gasteiger partial charge in [-0.05, 0) is 37.6 Å². The fourth-order valence-corrected chi connectivity index (χ4v) is 4.32. The molecule has 2 rings (SSSR count). The third kappa shape index (κ3) is 4.76. The second-order valence-corrected chi connectivity index (χ2v) is 8.68. The summed E-state index contributed by atoms with van der Waals surface area (Å²) in [7, 11) is 0. The first-order valence-corrected chi connectivity index (χ1v) is 9.12. The van der Waals surface area contributed by atoms with E-state index >= 15 is 0 Å². The fourth-order valence-electron chi connectivity index (χ4n) is 2.59. The van der Waals surface area contributed by atoms with Crippen molar-refractivity contribution < 1.29 is 0 Å². The molecule has 0 spiro atoms. The van der Waals surface area contributed by atoms with Gasteiger partial charge in [0.2, 0.25) is 0 Å². The van der Waals surface area contributed by atoms with E-state index in [1.165, 1.54) is 34.4 Å². The summed E-state index contributed by atoms with van der Waals surface area (Å²) in [5.74, 6) is 1.24. The smallest absolute Gasteiger partial charge is 0.0245 e. The van der Waals surface area contributed by atoms with Crippen LogP contribution in [0.4, 0.5) is 0 Å². The zero-order valence-electron chi connectivity index (χ0n) is 12.7. The van der Waals surface area contributed by atoms with Crippen LogP contribution in [-0.4, -0.2) is 35.0 Å². The predicted molar refractivity (Wildman–Crippen MR) is 93.3 cm³/mol. The van der Waals surface area contributed by atoms with Crippen LogP contribution in [-0.2, 0) is 13.1 Å². The first kappa shape index (κ1) is 16.3. The number of nitrogens with one attached hydrogen (secondary N) is 1. The minimum absolute atomic E-state index is 0.385. The van der Waals surface area contributed by atoms with Crippen molar-refractivity contribution in [1.29, 1.82) is 0 Å². The molecule has 0 unspecified atom stereocenters. The van der Waals surface area contributed by atoms with Gasteiger partial charge in [0.15, 0.2) is 0 Å². The van der Waals surface area contributed by atoms with Crippen molar-refractivity contribution in [2.75, 3.05) is 25.4 Å². The summed E-state index contributed by atoms with van der Waals surface area (Å²) in [6.07, 6.45) is 0. The quantitative estimate of drug-likeness (QED) is 0.861. The highest BCUT2D eigenvalue weighted by molar-refractivity contribution is 9.10. The van der Waals surface area contributed by atoms with Gasteiger partial charge in [-0.3, -0.25) is 4.90 Å². The van der Waals surface area contributed by atoms with Crippen molar-refractivity contribution in [1.82, 2.24) is 10.2 Å². The molecular formula is C16H25BrN2S. The van der Waals surface area contributed by atoms with E-state index in [0.717, 1.165) is 19.6 Å². The Balaban J connectivity index is 1.99. The summed E-state index contributed by atoms with van der Waals surface area (Å²) >= 11 is 5.82. The van der Waals surface area contributed by atoms with Crippen LogP contribution >= 0.6 is 27.7 Å². The number of rotatable bonds is 5. The van der Waals surface area contributed by atoms with E-state index in [0.29, 0.717) is 4.75 Å². The van der Waals surface area contributed by atoms with E-state index in [1.807, 2.05) is 0 Å². The fraction of sp³-hybridized carbons (Fsp3) is 0.625. The molecule has 0 bridgehead atoms.